The third-order valence-electron chi connectivity index (χ3n) is 4.34. The molecule has 0 radical (unpaired) electrons. The molecule has 1 aromatic carbocycles. The molecule has 1 fully saturated rings. The molecule has 2 aromatic heterocycles. The molecule has 1 atom stereocenters. The van der Waals surface area contributed by atoms with Crippen LogP contribution in [0, 0.1) is 6.92 Å². The number of aryl methyl sites for hydroxylation is 1. The van der Waals surface area contributed by atoms with Crippen molar-refractivity contribution in [1.82, 2.24) is 25.3 Å². The molecule has 1 saturated heterocycles. The Balaban J connectivity index is 0.00000169. The summed E-state index contributed by atoms with van der Waals surface area (Å²) in [5, 5.41) is 8.65. The Morgan fingerprint density at radius 2 is 2.08 bits per heavy atom. The predicted molar refractivity (Wildman–Crippen MR) is 95.3 cm³/mol. The SMILES string of the molecule is Cc1ccc2cccc(-c3nc(C4CNCCN4C)no3)c2n1.Cl. The Morgan fingerprint density at radius 3 is 2.92 bits per heavy atom. The lowest BCUT2D eigenvalue weighted by atomic mass is 10.1. The fourth-order valence-electron chi connectivity index (χ4n) is 2.99. The van der Waals surface area contributed by atoms with Gasteiger partial charge in [-0.15, -0.1) is 12.4 Å². The molecule has 126 valence electrons. The van der Waals surface area contributed by atoms with Gasteiger partial charge in [-0.25, -0.2) is 0 Å². The number of piperazine rings is 1. The first kappa shape index (κ1) is 16.8. The maximum Gasteiger partial charge on any atom is 0.260 e. The highest BCUT2D eigenvalue weighted by Crippen LogP contribution is 2.28. The van der Waals surface area contributed by atoms with Crippen molar-refractivity contribution in [2.24, 2.45) is 0 Å². The van der Waals surface area contributed by atoms with E-state index in [1.807, 2.05) is 31.2 Å². The molecule has 1 unspecified atom stereocenters. The van der Waals surface area contributed by atoms with Gasteiger partial charge in [0.2, 0.25) is 0 Å². The largest absolute Gasteiger partial charge is 0.334 e. The van der Waals surface area contributed by atoms with Crippen LogP contribution in [-0.2, 0) is 0 Å². The van der Waals surface area contributed by atoms with E-state index in [1.165, 1.54) is 0 Å². The van der Waals surface area contributed by atoms with Crippen molar-refractivity contribution in [2.75, 3.05) is 26.7 Å². The van der Waals surface area contributed by atoms with Gasteiger partial charge in [0, 0.05) is 30.7 Å². The van der Waals surface area contributed by atoms with Crippen molar-refractivity contribution in [3.63, 3.8) is 0 Å². The highest BCUT2D eigenvalue weighted by molar-refractivity contribution is 5.91. The van der Waals surface area contributed by atoms with E-state index >= 15 is 0 Å². The number of likely N-dealkylation sites (N-methyl/N-ethyl adjacent to an activating group) is 1. The molecule has 7 heteroatoms. The van der Waals surface area contributed by atoms with Gasteiger partial charge in [0.1, 0.15) is 0 Å². The first-order valence-electron chi connectivity index (χ1n) is 7.84. The Labute approximate surface area is 146 Å². The summed E-state index contributed by atoms with van der Waals surface area (Å²) in [6.45, 7) is 4.79. The number of hydrogen-bond acceptors (Lipinski definition) is 6. The van der Waals surface area contributed by atoms with Gasteiger partial charge < -0.3 is 9.84 Å². The number of fused-ring (bicyclic) bond motifs is 1. The van der Waals surface area contributed by atoms with Gasteiger partial charge in [0.05, 0.1) is 17.1 Å². The van der Waals surface area contributed by atoms with Crippen molar-refractivity contribution < 1.29 is 4.52 Å². The van der Waals surface area contributed by atoms with Crippen LogP contribution < -0.4 is 5.32 Å². The van der Waals surface area contributed by atoms with E-state index in [9.17, 15) is 0 Å². The topological polar surface area (TPSA) is 67.1 Å². The van der Waals surface area contributed by atoms with Gasteiger partial charge >= 0.3 is 0 Å². The molecule has 3 heterocycles. The molecule has 0 aliphatic carbocycles. The molecule has 24 heavy (non-hydrogen) atoms. The number of rotatable bonds is 2. The van der Waals surface area contributed by atoms with Crippen LogP contribution in [0.2, 0.25) is 0 Å². The maximum atomic E-state index is 5.54. The zero-order valence-electron chi connectivity index (χ0n) is 13.7. The van der Waals surface area contributed by atoms with Gasteiger partial charge in [0.25, 0.3) is 5.89 Å². The second-order valence-electron chi connectivity index (χ2n) is 5.99. The summed E-state index contributed by atoms with van der Waals surface area (Å²) in [6, 6.07) is 10.2. The first-order chi connectivity index (χ1) is 11.2. The quantitative estimate of drug-likeness (QED) is 0.770. The van der Waals surface area contributed by atoms with Crippen LogP contribution in [0.5, 0.6) is 0 Å². The van der Waals surface area contributed by atoms with Gasteiger partial charge in [-0.1, -0.05) is 23.4 Å². The van der Waals surface area contributed by atoms with Crippen molar-refractivity contribution in [2.45, 2.75) is 13.0 Å². The molecule has 0 bridgehead atoms. The van der Waals surface area contributed by atoms with Crippen molar-refractivity contribution in [3.05, 3.63) is 41.9 Å². The van der Waals surface area contributed by atoms with Gasteiger partial charge in [-0.2, -0.15) is 4.98 Å². The summed E-state index contributed by atoms with van der Waals surface area (Å²) in [7, 11) is 2.09. The van der Waals surface area contributed by atoms with Crippen LogP contribution in [-0.4, -0.2) is 46.7 Å². The van der Waals surface area contributed by atoms with Crippen molar-refractivity contribution in [3.8, 4) is 11.5 Å². The summed E-state index contributed by atoms with van der Waals surface area (Å²) in [5.74, 6) is 1.25. The fraction of sp³-hybridized carbons (Fsp3) is 0.353. The number of aromatic nitrogens is 3. The predicted octanol–water partition coefficient (Wildman–Crippen LogP) is 2.59. The number of hydrogen-bond donors (Lipinski definition) is 1. The lowest BCUT2D eigenvalue weighted by molar-refractivity contribution is 0.190. The van der Waals surface area contributed by atoms with E-state index in [4.69, 9.17) is 4.52 Å². The molecular formula is C17H20ClN5O. The summed E-state index contributed by atoms with van der Waals surface area (Å²) < 4.78 is 5.54. The van der Waals surface area contributed by atoms with Crippen LogP contribution in [0.1, 0.15) is 17.6 Å². The van der Waals surface area contributed by atoms with E-state index in [0.717, 1.165) is 47.6 Å². The molecular weight excluding hydrogens is 326 g/mol. The number of benzene rings is 1. The minimum absolute atomic E-state index is 0. The lowest BCUT2D eigenvalue weighted by Crippen LogP contribution is -2.44. The molecule has 1 aliphatic heterocycles. The zero-order valence-corrected chi connectivity index (χ0v) is 14.5. The highest BCUT2D eigenvalue weighted by Gasteiger charge is 2.25. The molecule has 4 rings (SSSR count). The molecule has 6 nitrogen and oxygen atoms in total. The van der Waals surface area contributed by atoms with E-state index < -0.39 is 0 Å². The summed E-state index contributed by atoms with van der Waals surface area (Å²) >= 11 is 0. The molecule has 0 saturated carbocycles. The molecule has 3 aromatic rings. The average molecular weight is 346 g/mol. The summed E-state index contributed by atoms with van der Waals surface area (Å²) in [5.41, 5.74) is 2.76. The number of para-hydroxylation sites is 1. The van der Waals surface area contributed by atoms with Gasteiger partial charge in [-0.3, -0.25) is 9.88 Å². The van der Waals surface area contributed by atoms with Crippen LogP contribution in [0.25, 0.3) is 22.4 Å². The lowest BCUT2D eigenvalue weighted by Gasteiger charge is -2.30. The number of nitrogens with zero attached hydrogens (tertiary/aromatic N) is 4. The Hall–Kier alpha value is -2.02. The van der Waals surface area contributed by atoms with E-state index in [0.29, 0.717) is 5.89 Å². The van der Waals surface area contributed by atoms with Crippen LogP contribution >= 0.6 is 12.4 Å². The smallest absolute Gasteiger partial charge is 0.260 e. The van der Waals surface area contributed by atoms with Gasteiger partial charge in [-0.05, 0) is 26.1 Å². The Morgan fingerprint density at radius 1 is 1.21 bits per heavy atom. The second kappa shape index (κ2) is 6.84. The highest BCUT2D eigenvalue weighted by atomic mass is 35.5. The second-order valence-corrected chi connectivity index (χ2v) is 5.99. The zero-order chi connectivity index (χ0) is 15.8. The Kier molecular flexibility index (Phi) is 4.80. The van der Waals surface area contributed by atoms with E-state index in [1.54, 1.807) is 0 Å². The minimum atomic E-state index is 0. The summed E-state index contributed by atoms with van der Waals surface area (Å²) in [4.78, 5) is 11.5. The number of pyridine rings is 1. The van der Waals surface area contributed by atoms with Crippen LogP contribution in [0.3, 0.4) is 0 Å². The van der Waals surface area contributed by atoms with Gasteiger partial charge in [0.15, 0.2) is 5.82 Å². The normalized spacial score (nSPS) is 18.5. The van der Waals surface area contributed by atoms with E-state index in [2.05, 4.69) is 38.5 Å². The number of nitrogens with one attached hydrogen (secondary N) is 1. The number of halogens is 1. The molecule has 0 amide bonds. The minimum Gasteiger partial charge on any atom is -0.334 e. The fourth-order valence-corrected chi connectivity index (χ4v) is 2.99. The monoisotopic (exact) mass is 345 g/mol. The molecule has 1 N–H and O–H groups in total. The maximum absolute atomic E-state index is 5.54. The van der Waals surface area contributed by atoms with Crippen LogP contribution in [0.4, 0.5) is 0 Å². The average Bonchev–Trinajstić information content (AvgIpc) is 3.04. The third kappa shape index (κ3) is 3.00. The first-order valence-corrected chi connectivity index (χ1v) is 7.84. The van der Waals surface area contributed by atoms with Crippen molar-refractivity contribution >= 4 is 23.3 Å². The standard InChI is InChI=1S/C17H19N5O.ClH/c1-11-6-7-12-4-3-5-13(15(12)19-11)17-20-16(21-23-17)14-10-18-8-9-22(14)2;/h3-7,14,18H,8-10H2,1-2H3;1H. The van der Waals surface area contributed by atoms with Crippen LogP contribution in [0.15, 0.2) is 34.9 Å². The Bertz CT molecular complexity index is 850. The van der Waals surface area contributed by atoms with E-state index in [-0.39, 0.29) is 18.4 Å². The molecule has 1 aliphatic rings. The third-order valence-corrected chi connectivity index (χ3v) is 4.34. The molecule has 0 spiro atoms. The summed E-state index contributed by atoms with van der Waals surface area (Å²) in [6.07, 6.45) is 0. The van der Waals surface area contributed by atoms with Crippen molar-refractivity contribution in [1.29, 1.82) is 0 Å².